The van der Waals surface area contributed by atoms with E-state index in [0.29, 0.717) is 17.5 Å². The molecule has 0 spiro atoms. The molecule has 1 N–H and O–H groups in total. The second-order valence-corrected chi connectivity index (χ2v) is 7.73. The minimum absolute atomic E-state index is 0.102. The van der Waals surface area contributed by atoms with E-state index in [0.717, 1.165) is 25.9 Å². The van der Waals surface area contributed by atoms with E-state index in [2.05, 4.69) is 20.8 Å². The van der Waals surface area contributed by atoms with E-state index in [1.54, 1.807) is 0 Å². The van der Waals surface area contributed by atoms with Gasteiger partial charge < -0.3 is 14.9 Å². The van der Waals surface area contributed by atoms with Crippen molar-refractivity contribution in [3.05, 3.63) is 0 Å². The Morgan fingerprint density at radius 1 is 1.20 bits per heavy atom. The molecule has 0 aromatic carbocycles. The van der Waals surface area contributed by atoms with Crippen molar-refractivity contribution in [3.63, 3.8) is 0 Å². The normalized spacial score (nSPS) is 25.1. The zero-order valence-electron chi connectivity index (χ0n) is 12.5. The number of nitrogens with zero attached hydrogens (tertiary/aromatic N) is 2. The molecule has 0 bridgehead atoms. The van der Waals surface area contributed by atoms with Crippen molar-refractivity contribution in [2.75, 3.05) is 24.7 Å². The van der Waals surface area contributed by atoms with E-state index in [9.17, 15) is 9.59 Å². The molecule has 2 saturated heterocycles. The zero-order chi connectivity index (χ0) is 14.9. The van der Waals surface area contributed by atoms with Crippen LogP contribution in [-0.2, 0) is 4.79 Å². The van der Waals surface area contributed by atoms with Crippen LogP contribution in [0.3, 0.4) is 0 Å². The number of urea groups is 1. The summed E-state index contributed by atoms with van der Waals surface area (Å²) in [7, 11) is 0. The minimum atomic E-state index is -0.895. The van der Waals surface area contributed by atoms with Crippen molar-refractivity contribution in [1.29, 1.82) is 0 Å². The third-order valence-electron chi connectivity index (χ3n) is 4.40. The highest BCUT2D eigenvalue weighted by Crippen LogP contribution is 2.35. The first-order valence-corrected chi connectivity index (χ1v) is 8.32. The van der Waals surface area contributed by atoms with Gasteiger partial charge in [0, 0.05) is 18.8 Å². The van der Waals surface area contributed by atoms with Crippen molar-refractivity contribution < 1.29 is 14.7 Å². The van der Waals surface area contributed by atoms with Crippen molar-refractivity contribution in [1.82, 2.24) is 9.80 Å². The molecule has 2 heterocycles. The van der Waals surface area contributed by atoms with Crippen molar-refractivity contribution in [2.45, 2.75) is 39.7 Å². The molecule has 2 rings (SSSR count). The predicted molar refractivity (Wildman–Crippen MR) is 79.7 cm³/mol. The second-order valence-electron chi connectivity index (χ2n) is 6.73. The van der Waals surface area contributed by atoms with E-state index < -0.39 is 12.0 Å². The van der Waals surface area contributed by atoms with Crippen molar-refractivity contribution in [3.8, 4) is 0 Å². The van der Waals surface area contributed by atoms with E-state index in [4.69, 9.17) is 5.11 Å². The molecule has 2 amide bonds. The van der Waals surface area contributed by atoms with Gasteiger partial charge in [0.2, 0.25) is 0 Å². The van der Waals surface area contributed by atoms with Crippen LogP contribution in [0.1, 0.15) is 33.6 Å². The summed E-state index contributed by atoms with van der Waals surface area (Å²) in [6.07, 6.45) is 2.02. The van der Waals surface area contributed by atoms with Gasteiger partial charge in [-0.15, -0.1) is 11.8 Å². The second kappa shape index (κ2) is 5.84. The highest BCUT2D eigenvalue weighted by atomic mass is 32.2. The van der Waals surface area contributed by atoms with Crippen LogP contribution in [-0.4, -0.2) is 57.7 Å². The van der Waals surface area contributed by atoms with Crippen LogP contribution in [0.25, 0.3) is 0 Å². The van der Waals surface area contributed by atoms with Crippen molar-refractivity contribution >= 4 is 23.8 Å². The lowest BCUT2D eigenvalue weighted by Gasteiger charge is -2.40. The van der Waals surface area contributed by atoms with Gasteiger partial charge in [0.15, 0.2) is 0 Å². The molecule has 0 aliphatic carbocycles. The predicted octanol–water partition coefficient (Wildman–Crippen LogP) is 2.32. The molecule has 0 aromatic rings. The number of rotatable bonds is 1. The minimum Gasteiger partial charge on any atom is -0.480 e. The third kappa shape index (κ3) is 3.22. The quantitative estimate of drug-likeness (QED) is 0.807. The monoisotopic (exact) mass is 300 g/mol. The Labute approximate surface area is 124 Å². The Kier molecular flexibility index (Phi) is 4.52. The summed E-state index contributed by atoms with van der Waals surface area (Å²) in [5, 5.41) is 9.15. The first-order valence-electron chi connectivity index (χ1n) is 7.17. The Bertz CT molecular complexity index is 386. The fourth-order valence-electron chi connectivity index (χ4n) is 2.95. The van der Waals surface area contributed by atoms with Crippen LogP contribution in [0.5, 0.6) is 0 Å². The van der Waals surface area contributed by atoms with E-state index in [1.807, 2.05) is 4.90 Å². The van der Waals surface area contributed by atoms with Gasteiger partial charge in [-0.3, -0.25) is 0 Å². The molecule has 0 saturated carbocycles. The fourth-order valence-corrected chi connectivity index (χ4v) is 4.09. The van der Waals surface area contributed by atoms with Gasteiger partial charge in [0.1, 0.15) is 6.04 Å². The maximum absolute atomic E-state index is 12.4. The van der Waals surface area contributed by atoms with Crippen LogP contribution < -0.4 is 0 Å². The van der Waals surface area contributed by atoms with Gasteiger partial charge in [-0.2, -0.15) is 0 Å². The Hall–Kier alpha value is -0.910. The molecule has 2 fully saturated rings. The summed E-state index contributed by atoms with van der Waals surface area (Å²) in [6.45, 7) is 8.22. The topological polar surface area (TPSA) is 60.9 Å². The first-order chi connectivity index (χ1) is 9.30. The van der Waals surface area contributed by atoms with E-state index in [-0.39, 0.29) is 11.4 Å². The summed E-state index contributed by atoms with van der Waals surface area (Å²) in [5.74, 6) is 0.733. The highest BCUT2D eigenvalue weighted by Gasteiger charge is 2.38. The molecule has 0 aromatic heterocycles. The summed E-state index contributed by atoms with van der Waals surface area (Å²) >= 11 is 1.51. The summed E-state index contributed by atoms with van der Waals surface area (Å²) in [5.41, 5.74) is 0.280. The summed E-state index contributed by atoms with van der Waals surface area (Å²) in [4.78, 5) is 26.9. The zero-order valence-corrected chi connectivity index (χ0v) is 13.3. The van der Waals surface area contributed by atoms with Gasteiger partial charge >= 0.3 is 12.0 Å². The van der Waals surface area contributed by atoms with Crippen LogP contribution in [0, 0.1) is 11.3 Å². The largest absolute Gasteiger partial charge is 0.480 e. The van der Waals surface area contributed by atoms with Crippen LogP contribution in [0.15, 0.2) is 0 Å². The maximum Gasteiger partial charge on any atom is 0.327 e. The Morgan fingerprint density at radius 2 is 1.80 bits per heavy atom. The number of carbonyl (C=O) groups is 2. The van der Waals surface area contributed by atoms with Gasteiger partial charge in [-0.1, -0.05) is 20.8 Å². The lowest BCUT2D eigenvalue weighted by Crippen LogP contribution is -2.51. The van der Waals surface area contributed by atoms with Crippen molar-refractivity contribution in [2.24, 2.45) is 11.3 Å². The van der Waals surface area contributed by atoms with Crippen LogP contribution >= 0.6 is 11.8 Å². The third-order valence-corrected chi connectivity index (χ3v) is 5.42. The molecular weight excluding hydrogens is 276 g/mol. The first kappa shape index (κ1) is 15.5. The SMILES string of the molecule is CC(C)(C)C1CCN(C(=O)N2CSCC2C(=O)O)CC1. The average Bonchev–Trinajstić information content (AvgIpc) is 2.86. The molecule has 114 valence electrons. The van der Waals surface area contributed by atoms with Gasteiger partial charge in [-0.05, 0) is 24.2 Å². The molecule has 0 radical (unpaired) electrons. The smallest absolute Gasteiger partial charge is 0.327 e. The number of carboxylic acid groups (broad SMARTS) is 1. The number of piperidine rings is 1. The van der Waals surface area contributed by atoms with E-state index in [1.165, 1.54) is 16.7 Å². The molecule has 2 aliphatic rings. The number of carbonyl (C=O) groups excluding carboxylic acids is 1. The Balaban J connectivity index is 1.93. The lowest BCUT2D eigenvalue weighted by molar-refractivity contribution is -0.141. The average molecular weight is 300 g/mol. The van der Waals surface area contributed by atoms with Crippen LogP contribution in [0.2, 0.25) is 0 Å². The number of hydrogen-bond acceptors (Lipinski definition) is 3. The number of thioether (sulfide) groups is 1. The number of hydrogen-bond donors (Lipinski definition) is 1. The highest BCUT2D eigenvalue weighted by molar-refractivity contribution is 7.99. The number of amides is 2. The molecule has 1 unspecified atom stereocenters. The Morgan fingerprint density at radius 3 is 2.30 bits per heavy atom. The maximum atomic E-state index is 12.4. The summed E-state index contributed by atoms with van der Waals surface area (Å²) < 4.78 is 0. The van der Waals surface area contributed by atoms with Gasteiger partial charge in [0.05, 0.1) is 5.88 Å². The molecule has 20 heavy (non-hydrogen) atoms. The number of likely N-dealkylation sites (tertiary alicyclic amines) is 1. The summed E-state index contributed by atoms with van der Waals surface area (Å²) in [6, 6.07) is -0.761. The number of aliphatic carboxylic acids is 1. The number of carboxylic acids is 1. The lowest BCUT2D eigenvalue weighted by atomic mass is 9.75. The molecule has 5 nitrogen and oxygen atoms in total. The van der Waals surface area contributed by atoms with E-state index >= 15 is 0 Å². The van der Waals surface area contributed by atoms with Gasteiger partial charge in [0.25, 0.3) is 0 Å². The van der Waals surface area contributed by atoms with Gasteiger partial charge in [-0.25, -0.2) is 9.59 Å². The molecular formula is C14H24N2O3S. The fraction of sp³-hybridized carbons (Fsp3) is 0.857. The molecule has 2 aliphatic heterocycles. The standard InChI is InChI=1S/C14H24N2O3S/c1-14(2,3)10-4-6-15(7-5-10)13(19)16-9-20-8-11(16)12(17)18/h10-11H,4-9H2,1-3H3,(H,17,18). The van der Waals surface area contributed by atoms with Crippen LogP contribution in [0.4, 0.5) is 4.79 Å². The molecule has 1 atom stereocenters. The molecule has 6 heteroatoms.